The van der Waals surface area contributed by atoms with Gasteiger partial charge in [0.2, 0.25) is 0 Å². The van der Waals surface area contributed by atoms with E-state index in [4.69, 9.17) is 11.6 Å². The SMILES string of the molecule is CC1(C(=O)O)CC2(c3ccccc3)CC1C=C2Cl. The van der Waals surface area contributed by atoms with Crippen molar-refractivity contribution in [3.8, 4) is 0 Å². The molecule has 0 radical (unpaired) electrons. The molecule has 18 heavy (non-hydrogen) atoms. The third kappa shape index (κ3) is 1.33. The number of fused-ring (bicyclic) bond motifs is 2. The van der Waals surface area contributed by atoms with Crippen molar-refractivity contribution in [2.75, 3.05) is 0 Å². The van der Waals surface area contributed by atoms with Gasteiger partial charge >= 0.3 is 5.97 Å². The predicted molar refractivity (Wildman–Crippen MR) is 70.5 cm³/mol. The first-order valence-corrected chi connectivity index (χ1v) is 6.53. The van der Waals surface area contributed by atoms with E-state index in [0.717, 1.165) is 17.0 Å². The number of hydrogen-bond donors (Lipinski definition) is 1. The van der Waals surface area contributed by atoms with Gasteiger partial charge < -0.3 is 5.11 Å². The fourth-order valence-electron chi connectivity index (χ4n) is 3.54. The summed E-state index contributed by atoms with van der Waals surface area (Å²) in [6.45, 7) is 1.84. The van der Waals surface area contributed by atoms with E-state index >= 15 is 0 Å². The Morgan fingerprint density at radius 3 is 2.67 bits per heavy atom. The summed E-state index contributed by atoms with van der Waals surface area (Å²) in [5.41, 5.74) is 0.174. The average Bonchev–Trinajstić information content (AvgIpc) is 2.84. The molecule has 1 aromatic rings. The van der Waals surface area contributed by atoms with Crippen molar-refractivity contribution in [3.63, 3.8) is 0 Å². The molecule has 2 nitrogen and oxygen atoms in total. The first kappa shape index (κ1) is 11.8. The van der Waals surface area contributed by atoms with Gasteiger partial charge in [-0.25, -0.2) is 0 Å². The van der Waals surface area contributed by atoms with E-state index in [1.165, 1.54) is 0 Å². The van der Waals surface area contributed by atoms with Gasteiger partial charge in [0.25, 0.3) is 0 Å². The molecule has 0 aliphatic heterocycles. The minimum absolute atomic E-state index is 0.0442. The molecule has 1 aromatic carbocycles. The largest absolute Gasteiger partial charge is 0.481 e. The van der Waals surface area contributed by atoms with Gasteiger partial charge in [0.05, 0.1) is 5.41 Å². The van der Waals surface area contributed by atoms with Crippen LogP contribution in [0.3, 0.4) is 0 Å². The molecule has 2 aliphatic carbocycles. The number of carboxylic acid groups (broad SMARTS) is 1. The Morgan fingerprint density at radius 2 is 2.06 bits per heavy atom. The van der Waals surface area contributed by atoms with Crippen molar-refractivity contribution < 1.29 is 9.90 Å². The maximum absolute atomic E-state index is 11.5. The lowest BCUT2D eigenvalue weighted by molar-refractivity contribution is -0.149. The third-order valence-corrected chi connectivity index (χ3v) is 5.16. The average molecular weight is 263 g/mol. The zero-order valence-electron chi connectivity index (χ0n) is 10.2. The highest BCUT2D eigenvalue weighted by Crippen LogP contribution is 2.63. The van der Waals surface area contributed by atoms with Crippen LogP contribution < -0.4 is 0 Å². The van der Waals surface area contributed by atoms with Crippen molar-refractivity contribution in [2.45, 2.75) is 25.2 Å². The molecule has 1 fully saturated rings. The van der Waals surface area contributed by atoms with Gasteiger partial charge in [-0.3, -0.25) is 4.79 Å². The summed E-state index contributed by atoms with van der Waals surface area (Å²) in [6.07, 6.45) is 3.37. The smallest absolute Gasteiger partial charge is 0.309 e. The molecule has 0 amide bonds. The monoisotopic (exact) mass is 262 g/mol. The second kappa shape index (κ2) is 3.61. The fourth-order valence-corrected chi connectivity index (χ4v) is 3.95. The van der Waals surface area contributed by atoms with E-state index in [1.807, 2.05) is 43.3 Å². The molecule has 3 rings (SSSR count). The molecule has 0 heterocycles. The molecule has 3 atom stereocenters. The summed E-state index contributed by atoms with van der Waals surface area (Å²) >= 11 is 6.40. The number of allylic oxidation sites excluding steroid dienone is 2. The zero-order chi connectivity index (χ0) is 13.0. The Hall–Kier alpha value is -1.28. The van der Waals surface area contributed by atoms with Crippen LogP contribution in [0, 0.1) is 11.3 Å². The number of hydrogen-bond acceptors (Lipinski definition) is 1. The van der Waals surface area contributed by atoms with Gasteiger partial charge in [-0.2, -0.15) is 0 Å². The summed E-state index contributed by atoms with van der Waals surface area (Å²) in [4.78, 5) is 11.5. The summed E-state index contributed by atoms with van der Waals surface area (Å²) in [5.74, 6) is -0.673. The van der Waals surface area contributed by atoms with Crippen LogP contribution in [0.5, 0.6) is 0 Å². The van der Waals surface area contributed by atoms with E-state index in [0.29, 0.717) is 6.42 Å². The van der Waals surface area contributed by atoms with Crippen LogP contribution in [0.25, 0.3) is 0 Å². The Bertz CT molecular complexity index is 537. The van der Waals surface area contributed by atoms with Crippen LogP contribution in [0.1, 0.15) is 25.3 Å². The number of carboxylic acids is 1. The maximum atomic E-state index is 11.5. The fraction of sp³-hybridized carbons (Fsp3) is 0.400. The Balaban J connectivity index is 2.10. The summed E-state index contributed by atoms with van der Waals surface area (Å²) in [6, 6.07) is 10.0. The van der Waals surface area contributed by atoms with Crippen molar-refractivity contribution in [2.24, 2.45) is 11.3 Å². The van der Waals surface area contributed by atoms with E-state index in [-0.39, 0.29) is 11.3 Å². The molecule has 1 saturated carbocycles. The summed E-state index contributed by atoms with van der Waals surface area (Å²) < 4.78 is 0. The van der Waals surface area contributed by atoms with Crippen LogP contribution >= 0.6 is 11.6 Å². The Kier molecular flexibility index (Phi) is 2.36. The van der Waals surface area contributed by atoms with E-state index in [1.54, 1.807) is 0 Å². The van der Waals surface area contributed by atoms with Crippen molar-refractivity contribution >= 4 is 17.6 Å². The van der Waals surface area contributed by atoms with Crippen LogP contribution in [0.4, 0.5) is 0 Å². The van der Waals surface area contributed by atoms with Crippen molar-refractivity contribution in [1.82, 2.24) is 0 Å². The molecule has 3 heteroatoms. The van der Waals surface area contributed by atoms with Crippen molar-refractivity contribution in [1.29, 1.82) is 0 Å². The lowest BCUT2D eigenvalue weighted by atomic mass is 9.72. The zero-order valence-corrected chi connectivity index (χ0v) is 10.9. The highest BCUT2D eigenvalue weighted by molar-refractivity contribution is 6.31. The molecular weight excluding hydrogens is 248 g/mol. The molecule has 1 N–H and O–H groups in total. The topological polar surface area (TPSA) is 37.3 Å². The van der Waals surface area contributed by atoms with Crippen molar-refractivity contribution in [3.05, 3.63) is 47.0 Å². The van der Waals surface area contributed by atoms with Gasteiger partial charge in [-0.15, -0.1) is 0 Å². The molecule has 2 aliphatic rings. The van der Waals surface area contributed by atoms with Crippen LogP contribution in [-0.2, 0) is 10.2 Å². The number of rotatable bonds is 2. The highest BCUT2D eigenvalue weighted by atomic mass is 35.5. The number of halogens is 1. The molecule has 0 saturated heterocycles. The quantitative estimate of drug-likeness (QED) is 0.885. The predicted octanol–water partition coefficient (Wildman–Crippen LogP) is 3.56. The van der Waals surface area contributed by atoms with Gasteiger partial charge in [0, 0.05) is 10.4 Å². The molecule has 2 bridgehead atoms. The summed E-state index contributed by atoms with van der Waals surface area (Å²) in [7, 11) is 0. The van der Waals surface area contributed by atoms with E-state index < -0.39 is 11.4 Å². The van der Waals surface area contributed by atoms with Crippen LogP contribution in [0.2, 0.25) is 0 Å². The van der Waals surface area contributed by atoms with Crippen LogP contribution in [-0.4, -0.2) is 11.1 Å². The van der Waals surface area contributed by atoms with E-state index in [2.05, 4.69) is 0 Å². The summed E-state index contributed by atoms with van der Waals surface area (Å²) in [5, 5.41) is 10.3. The molecule has 3 unspecified atom stereocenters. The molecule has 0 spiro atoms. The first-order chi connectivity index (χ1) is 8.49. The normalized spacial score (nSPS) is 37.7. The van der Waals surface area contributed by atoms with Gasteiger partial charge in [0.15, 0.2) is 0 Å². The molecular formula is C15H15ClO2. The molecule has 0 aromatic heterocycles. The Morgan fingerprint density at radius 1 is 1.39 bits per heavy atom. The lowest BCUT2D eigenvalue weighted by Gasteiger charge is -2.33. The van der Waals surface area contributed by atoms with Crippen LogP contribution in [0.15, 0.2) is 41.4 Å². The second-order valence-corrected chi connectivity index (χ2v) is 6.08. The second-order valence-electron chi connectivity index (χ2n) is 5.67. The number of benzene rings is 1. The Labute approximate surface area is 111 Å². The standard InChI is InChI=1S/C15H15ClO2/c1-14(13(17)18)9-15(8-11(14)7-12(15)16)10-5-3-2-4-6-10/h2-7,11H,8-9H2,1H3,(H,17,18). The lowest BCUT2D eigenvalue weighted by Crippen LogP contribution is -2.35. The number of carbonyl (C=O) groups is 1. The minimum atomic E-state index is -0.717. The van der Waals surface area contributed by atoms with E-state index in [9.17, 15) is 9.90 Å². The number of aliphatic carboxylic acids is 1. The van der Waals surface area contributed by atoms with Gasteiger partial charge in [-0.1, -0.05) is 48.0 Å². The minimum Gasteiger partial charge on any atom is -0.481 e. The van der Waals surface area contributed by atoms with Gasteiger partial charge in [0.1, 0.15) is 0 Å². The highest BCUT2D eigenvalue weighted by Gasteiger charge is 2.61. The maximum Gasteiger partial charge on any atom is 0.309 e. The van der Waals surface area contributed by atoms with Gasteiger partial charge in [-0.05, 0) is 31.2 Å². The first-order valence-electron chi connectivity index (χ1n) is 6.16. The third-order valence-electron chi connectivity index (χ3n) is 4.68. The molecule has 94 valence electrons.